The molecule has 1 unspecified atom stereocenters. The van der Waals surface area contributed by atoms with Gasteiger partial charge in [-0.2, -0.15) is 0 Å². The van der Waals surface area contributed by atoms with Crippen molar-refractivity contribution in [1.82, 2.24) is 0 Å². The summed E-state index contributed by atoms with van der Waals surface area (Å²) in [6.07, 6.45) is 0. The molecule has 0 fully saturated rings. The average Bonchev–Trinajstić information content (AvgIpc) is 2.73. The molecule has 0 amide bonds. The van der Waals surface area contributed by atoms with Crippen molar-refractivity contribution in [2.75, 3.05) is 39.6 Å². The van der Waals surface area contributed by atoms with Gasteiger partial charge in [0.2, 0.25) is 0 Å². The highest BCUT2D eigenvalue weighted by Gasteiger charge is 2.16. The molecule has 0 saturated heterocycles. The molecular formula is C26H38O3. The van der Waals surface area contributed by atoms with E-state index >= 15 is 0 Å². The van der Waals surface area contributed by atoms with Gasteiger partial charge in [-0.05, 0) is 23.0 Å². The molecule has 2 atom stereocenters. The van der Waals surface area contributed by atoms with E-state index in [1.165, 1.54) is 11.1 Å². The van der Waals surface area contributed by atoms with Gasteiger partial charge >= 0.3 is 0 Å². The number of rotatable bonds is 14. The Hall–Kier alpha value is -1.68. The molecule has 0 aliphatic heterocycles. The third-order valence-corrected chi connectivity index (χ3v) is 5.40. The van der Waals surface area contributed by atoms with Gasteiger partial charge in [-0.25, -0.2) is 0 Å². The summed E-state index contributed by atoms with van der Waals surface area (Å²) in [7, 11) is 0. The number of benzene rings is 2. The van der Waals surface area contributed by atoms with Crippen LogP contribution in [0.2, 0.25) is 0 Å². The van der Waals surface area contributed by atoms with E-state index in [-0.39, 0.29) is 0 Å². The molecular weight excluding hydrogens is 360 g/mol. The smallest absolute Gasteiger partial charge is 0.0701 e. The average molecular weight is 399 g/mol. The van der Waals surface area contributed by atoms with Crippen molar-refractivity contribution in [3.8, 4) is 0 Å². The van der Waals surface area contributed by atoms with Crippen molar-refractivity contribution in [2.24, 2.45) is 11.8 Å². The van der Waals surface area contributed by atoms with Crippen LogP contribution in [-0.4, -0.2) is 39.6 Å². The minimum atomic E-state index is 0.422. The Morgan fingerprint density at radius 1 is 0.517 bits per heavy atom. The fraction of sp³-hybridized carbons (Fsp3) is 0.538. The van der Waals surface area contributed by atoms with Gasteiger partial charge in [0.15, 0.2) is 0 Å². The maximum atomic E-state index is 5.88. The fourth-order valence-electron chi connectivity index (χ4n) is 3.51. The van der Waals surface area contributed by atoms with E-state index in [2.05, 4.69) is 88.4 Å². The van der Waals surface area contributed by atoms with Crippen LogP contribution in [0.25, 0.3) is 0 Å². The highest BCUT2D eigenvalue weighted by atomic mass is 16.5. The zero-order chi connectivity index (χ0) is 20.9. The van der Waals surface area contributed by atoms with E-state index < -0.39 is 0 Å². The molecule has 0 aromatic heterocycles. The summed E-state index contributed by atoms with van der Waals surface area (Å²) in [5, 5.41) is 0. The van der Waals surface area contributed by atoms with Crippen LogP contribution in [0.3, 0.4) is 0 Å². The summed E-state index contributed by atoms with van der Waals surface area (Å²) >= 11 is 0. The second-order valence-electron chi connectivity index (χ2n) is 8.28. The first-order valence-corrected chi connectivity index (χ1v) is 10.9. The third-order valence-electron chi connectivity index (χ3n) is 5.40. The first kappa shape index (κ1) is 23.6. The van der Waals surface area contributed by atoms with E-state index in [4.69, 9.17) is 14.2 Å². The van der Waals surface area contributed by atoms with Crippen molar-refractivity contribution in [3.05, 3.63) is 71.8 Å². The molecule has 3 nitrogen and oxygen atoms in total. The SMILES string of the molecule is CC(C)C(COCCOCCOC[C@H](c1ccccc1)C(C)C)c1ccccc1. The van der Waals surface area contributed by atoms with Crippen LogP contribution in [0.1, 0.15) is 50.7 Å². The lowest BCUT2D eigenvalue weighted by molar-refractivity contribution is 0.00556. The van der Waals surface area contributed by atoms with Crippen LogP contribution in [0.5, 0.6) is 0 Å². The second kappa shape index (κ2) is 13.5. The molecule has 0 radical (unpaired) electrons. The molecule has 160 valence electrons. The Morgan fingerprint density at radius 3 is 1.21 bits per heavy atom. The molecule has 0 saturated carbocycles. The van der Waals surface area contributed by atoms with Gasteiger partial charge in [0.1, 0.15) is 0 Å². The number of hydrogen-bond acceptors (Lipinski definition) is 3. The quantitative estimate of drug-likeness (QED) is 0.370. The lowest BCUT2D eigenvalue weighted by Crippen LogP contribution is -2.18. The molecule has 0 N–H and O–H groups in total. The highest BCUT2D eigenvalue weighted by molar-refractivity contribution is 5.20. The normalized spacial score (nSPS) is 13.7. The topological polar surface area (TPSA) is 27.7 Å². The monoisotopic (exact) mass is 398 g/mol. The lowest BCUT2D eigenvalue weighted by Gasteiger charge is -2.22. The van der Waals surface area contributed by atoms with E-state index in [0.29, 0.717) is 50.1 Å². The highest BCUT2D eigenvalue weighted by Crippen LogP contribution is 2.25. The van der Waals surface area contributed by atoms with Gasteiger partial charge < -0.3 is 14.2 Å². The van der Waals surface area contributed by atoms with Gasteiger partial charge in [0.25, 0.3) is 0 Å². The largest absolute Gasteiger partial charge is 0.378 e. The van der Waals surface area contributed by atoms with Crippen molar-refractivity contribution in [1.29, 1.82) is 0 Å². The summed E-state index contributed by atoms with van der Waals surface area (Å²) in [5.74, 6) is 1.94. The molecule has 0 heterocycles. The Morgan fingerprint density at radius 2 is 0.862 bits per heavy atom. The van der Waals surface area contributed by atoms with Gasteiger partial charge in [0.05, 0.1) is 39.6 Å². The Bertz CT molecular complexity index is 582. The van der Waals surface area contributed by atoms with Crippen molar-refractivity contribution in [3.63, 3.8) is 0 Å². The maximum absolute atomic E-state index is 5.88. The third kappa shape index (κ3) is 8.69. The van der Waals surface area contributed by atoms with Gasteiger partial charge in [-0.15, -0.1) is 0 Å². The molecule has 0 aliphatic carbocycles. The van der Waals surface area contributed by atoms with E-state index in [1.54, 1.807) is 0 Å². The van der Waals surface area contributed by atoms with Crippen molar-refractivity contribution in [2.45, 2.75) is 39.5 Å². The second-order valence-corrected chi connectivity index (χ2v) is 8.28. The summed E-state index contributed by atoms with van der Waals surface area (Å²) in [4.78, 5) is 0. The van der Waals surface area contributed by atoms with Crippen LogP contribution in [0.15, 0.2) is 60.7 Å². The number of hydrogen-bond donors (Lipinski definition) is 0. The maximum Gasteiger partial charge on any atom is 0.0701 e. The van der Waals surface area contributed by atoms with Gasteiger partial charge in [-0.1, -0.05) is 88.4 Å². The van der Waals surface area contributed by atoms with Crippen molar-refractivity contribution >= 4 is 0 Å². The molecule has 29 heavy (non-hydrogen) atoms. The van der Waals surface area contributed by atoms with Crippen molar-refractivity contribution < 1.29 is 14.2 Å². The van der Waals surface area contributed by atoms with Gasteiger partial charge in [0, 0.05) is 11.8 Å². The zero-order valence-corrected chi connectivity index (χ0v) is 18.6. The Balaban J connectivity index is 1.56. The zero-order valence-electron chi connectivity index (χ0n) is 18.6. The molecule has 3 heteroatoms. The molecule has 0 aliphatic rings. The van der Waals surface area contributed by atoms with E-state index in [1.807, 2.05) is 0 Å². The van der Waals surface area contributed by atoms with Crippen LogP contribution >= 0.6 is 0 Å². The predicted octanol–water partition coefficient (Wildman–Crippen LogP) is 5.92. The Kier molecular flexibility index (Phi) is 11.0. The molecule has 0 spiro atoms. The molecule has 2 rings (SSSR count). The van der Waals surface area contributed by atoms with Crippen LogP contribution < -0.4 is 0 Å². The van der Waals surface area contributed by atoms with Crippen LogP contribution in [-0.2, 0) is 14.2 Å². The summed E-state index contributed by atoms with van der Waals surface area (Å²) in [5.41, 5.74) is 2.69. The summed E-state index contributed by atoms with van der Waals surface area (Å²) < 4.78 is 17.4. The molecule has 2 aromatic carbocycles. The summed E-state index contributed by atoms with van der Waals surface area (Å²) in [6, 6.07) is 21.2. The van der Waals surface area contributed by atoms with Crippen LogP contribution in [0.4, 0.5) is 0 Å². The number of ether oxygens (including phenoxy) is 3. The standard InChI is InChI=1S/C26H38O3/c1-21(2)25(23-11-7-5-8-12-23)19-28-17-15-27-16-18-29-20-26(22(3)4)24-13-9-6-10-14-24/h5-14,21-22,25-26H,15-20H2,1-4H3/t25-,26?/m0/s1. The minimum absolute atomic E-state index is 0.422. The summed E-state index contributed by atoms with van der Waals surface area (Å²) in [6.45, 7) is 12.9. The lowest BCUT2D eigenvalue weighted by atomic mass is 9.89. The van der Waals surface area contributed by atoms with Gasteiger partial charge in [-0.3, -0.25) is 0 Å². The predicted molar refractivity (Wildman–Crippen MR) is 120 cm³/mol. The first-order valence-electron chi connectivity index (χ1n) is 10.9. The fourth-order valence-corrected chi connectivity index (χ4v) is 3.51. The van der Waals surface area contributed by atoms with E-state index in [0.717, 1.165) is 13.2 Å². The minimum Gasteiger partial charge on any atom is -0.378 e. The Labute approximate surface area is 177 Å². The first-order chi connectivity index (χ1) is 14.1. The molecule has 2 aromatic rings. The molecule has 0 bridgehead atoms. The van der Waals surface area contributed by atoms with E-state index in [9.17, 15) is 0 Å². The van der Waals surface area contributed by atoms with Crippen LogP contribution in [0, 0.1) is 11.8 Å².